The van der Waals surface area contributed by atoms with Gasteiger partial charge in [-0.2, -0.15) is 0 Å². The molecule has 10 nitrogen and oxygen atoms in total. The lowest BCUT2D eigenvalue weighted by Crippen LogP contribution is -2.59. The lowest BCUT2D eigenvalue weighted by atomic mass is 9.99. The first-order valence-corrected chi connectivity index (χ1v) is 13.3. The Balaban J connectivity index is 1.32. The molecule has 1 aliphatic rings. The summed E-state index contributed by atoms with van der Waals surface area (Å²) in [7, 11) is 0. The fraction of sp³-hybridized carbons (Fsp3) is 0.300. The maximum atomic E-state index is 13.8. The molecule has 0 unspecified atom stereocenters. The number of nitrogens with zero attached hydrogens (tertiary/aromatic N) is 4. The third-order valence-electron chi connectivity index (χ3n) is 7.42. The third-order valence-corrected chi connectivity index (χ3v) is 7.42. The number of H-pyrrole nitrogens is 1. The van der Waals surface area contributed by atoms with Crippen molar-refractivity contribution >= 4 is 34.5 Å². The van der Waals surface area contributed by atoms with Gasteiger partial charge < -0.3 is 19.8 Å². The van der Waals surface area contributed by atoms with Gasteiger partial charge in [0.2, 0.25) is 11.8 Å². The molecule has 0 aliphatic carbocycles. The van der Waals surface area contributed by atoms with Crippen LogP contribution in [-0.4, -0.2) is 73.1 Å². The van der Waals surface area contributed by atoms with Crippen molar-refractivity contribution in [2.45, 2.75) is 38.8 Å². The van der Waals surface area contributed by atoms with Crippen LogP contribution in [0.1, 0.15) is 46.5 Å². The summed E-state index contributed by atoms with van der Waals surface area (Å²) in [6.45, 7) is 4.27. The summed E-state index contributed by atoms with van der Waals surface area (Å²) < 4.78 is 1.93. The number of aromatic amines is 1. The van der Waals surface area contributed by atoms with Crippen molar-refractivity contribution in [1.82, 2.24) is 29.7 Å². The number of hydrogen-bond acceptors (Lipinski definition) is 5. The highest BCUT2D eigenvalue weighted by Gasteiger charge is 2.41. The van der Waals surface area contributed by atoms with Crippen molar-refractivity contribution in [2.24, 2.45) is 0 Å². The van der Waals surface area contributed by atoms with Gasteiger partial charge in [0.1, 0.15) is 12.1 Å². The minimum absolute atomic E-state index is 0.222. The number of carbonyl (C=O) groups excluding carboxylic acids is 4. The van der Waals surface area contributed by atoms with Crippen molar-refractivity contribution in [3.8, 4) is 0 Å². The molecule has 1 aliphatic heterocycles. The monoisotopic (exact) mass is 540 g/mol. The van der Waals surface area contributed by atoms with Gasteiger partial charge in [0.25, 0.3) is 11.8 Å². The Kier molecular flexibility index (Phi) is 7.50. The van der Waals surface area contributed by atoms with Crippen molar-refractivity contribution < 1.29 is 19.2 Å². The molecule has 4 aromatic rings. The van der Waals surface area contributed by atoms with Gasteiger partial charge in [0.05, 0.1) is 17.5 Å². The van der Waals surface area contributed by atoms with Crippen molar-refractivity contribution in [2.75, 3.05) is 19.6 Å². The molecule has 0 spiro atoms. The summed E-state index contributed by atoms with van der Waals surface area (Å²) in [4.78, 5) is 62.8. The third kappa shape index (κ3) is 5.25. The Morgan fingerprint density at radius 1 is 1.02 bits per heavy atom. The van der Waals surface area contributed by atoms with E-state index in [2.05, 4.69) is 15.3 Å². The zero-order chi connectivity index (χ0) is 28.3. The smallest absolute Gasteiger partial charge is 0.262 e. The van der Waals surface area contributed by atoms with E-state index in [0.717, 1.165) is 21.4 Å². The van der Waals surface area contributed by atoms with Crippen LogP contribution in [0.3, 0.4) is 0 Å². The van der Waals surface area contributed by atoms with E-state index < -0.39 is 29.8 Å². The molecule has 2 aromatic carbocycles. The van der Waals surface area contributed by atoms with Gasteiger partial charge in [-0.25, -0.2) is 4.98 Å². The number of imidazole rings is 1. The number of fused-ring (bicyclic) bond motifs is 2. The summed E-state index contributed by atoms with van der Waals surface area (Å²) in [5, 5.41) is 3.99. The van der Waals surface area contributed by atoms with Gasteiger partial charge in [0, 0.05) is 49.1 Å². The number of carbonyl (C=O) groups is 4. The van der Waals surface area contributed by atoms with Gasteiger partial charge in [-0.1, -0.05) is 30.3 Å². The first-order chi connectivity index (χ1) is 19.3. The van der Waals surface area contributed by atoms with Crippen LogP contribution in [0.4, 0.5) is 0 Å². The number of aryl methyl sites for hydroxylation is 1. The predicted molar refractivity (Wildman–Crippen MR) is 149 cm³/mol. The van der Waals surface area contributed by atoms with E-state index in [1.54, 1.807) is 50.6 Å². The van der Waals surface area contributed by atoms with E-state index in [9.17, 15) is 19.2 Å². The number of amides is 4. The first-order valence-electron chi connectivity index (χ1n) is 13.3. The van der Waals surface area contributed by atoms with E-state index >= 15 is 0 Å². The molecule has 0 radical (unpaired) electrons. The highest BCUT2D eigenvalue weighted by atomic mass is 16.2. The second-order valence-corrected chi connectivity index (χ2v) is 10.4. The standard InChI is InChI=1S/C30H32N6O4/c1-30(2,29(40)32-13-7-15-34-17-14-31-20-34)36(16-12-21-18-33-25-11-6-5-8-22(21)25)26(37)19-35-27(38)23-9-3-4-10-24(23)28(35)39/h3-6,8-11,14,17-18,20,33H,7,12-13,15-16,19H2,1-2H3,(H,32,40). The summed E-state index contributed by atoms with van der Waals surface area (Å²) in [5.41, 5.74) is 1.31. The SMILES string of the molecule is CC(C)(C(=O)NCCCn1ccnc1)N(CCc1c[nH]c2ccccc12)C(=O)CN1C(=O)c2ccccc2C1=O. The molecule has 40 heavy (non-hydrogen) atoms. The second kappa shape index (κ2) is 11.2. The highest BCUT2D eigenvalue weighted by molar-refractivity contribution is 6.22. The lowest BCUT2D eigenvalue weighted by molar-refractivity contribution is -0.146. The molecule has 0 saturated heterocycles. The number of benzene rings is 2. The Bertz CT molecular complexity index is 1520. The van der Waals surface area contributed by atoms with Crippen LogP contribution in [0.15, 0.2) is 73.4 Å². The second-order valence-electron chi connectivity index (χ2n) is 10.4. The predicted octanol–water partition coefficient (Wildman–Crippen LogP) is 3.02. The molecular formula is C30H32N6O4. The molecule has 2 aromatic heterocycles. The van der Waals surface area contributed by atoms with Crippen molar-refractivity contribution in [3.63, 3.8) is 0 Å². The van der Waals surface area contributed by atoms with Crippen LogP contribution in [0.25, 0.3) is 10.9 Å². The number of rotatable bonds is 11. The number of hydrogen-bond donors (Lipinski definition) is 2. The van der Waals surface area contributed by atoms with E-state index in [1.165, 1.54) is 4.90 Å². The summed E-state index contributed by atoms with van der Waals surface area (Å²) in [6, 6.07) is 14.4. The summed E-state index contributed by atoms with van der Waals surface area (Å²) >= 11 is 0. The molecular weight excluding hydrogens is 508 g/mol. The average molecular weight is 541 g/mol. The number of nitrogens with one attached hydrogen (secondary N) is 2. The molecule has 0 atom stereocenters. The zero-order valence-electron chi connectivity index (χ0n) is 22.6. The molecule has 10 heteroatoms. The van der Waals surface area contributed by atoms with Gasteiger partial charge >= 0.3 is 0 Å². The molecule has 5 rings (SSSR count). The summed E-state index contributed by atoms with van der Waals surface area (Å²) in [5.74, 6) is -1.81. The van der Waals surface area contributed by atoms with Gasteiger partial charge in [-0.3, -0.25) is 24.1 Å². The van der Waals surface area contributed by atoms with E-state index in [0.29, 0.717) is 25.9 Å². The Morgan fingerprint density at radius 2 is 1.73 bits per heavy atom. The molecule has 0 fully saturated rings. The van der Waals surface area contributed by atoms with E-state index in [-0.39, 0.29) is 23.6 Å². The van der Waals surface area contributed by atoms with E-state index in [4.69, 9.17) is 0 Å². The minimum Gasteiger partial charge on any atom is -0.361 e. The maximum Gasteiger partial charge on any atom is 0.262 e. The summed E-state index contributed by atoms with van der Waals surface area (Å²) in [6.07, 6.45) is 8.35. The largest absolute Gasteiger partial charge is 0.361 e. The first kappa shape index (κ1) is 26.9. The normalized spacial score (nSPS) is 13.1. The molecule has 0 saturated carbocycles. The molecule has 3 heterocycles. The topological polar surface area (TPSA) is 120 Å². The molecule has 206 valence electrons. The maximum absolute atomic E-state index is 13.8. The Hall–Kier alpha value is -4.73. The van der Waals surface area contributed by atoms with Crippen molar-refractivity contribution in [3.05, 3.63) is 90.1 Å². The van der Waals surface area contributed by atoms with Crippen LogP contribution < -0.4 is 5.32 Å². The number of aromatic nitrogens is 3. The Labute approximate surface area is 232 Å². The number of para-hydroxylation sites is 1. The van der Waals surface area contributed by atoms with Crippen LogP contribution in [-0.2, 0) is 22.6 Å². The minimum atomic E-state index is -1.24. The van der Waals surface area contributed by atoms with Gasteiger partial charge in [-0.15, -0.1) is 0 Å². The van der Waals surface area contributed by atoms with Gasteiger partial charge in [-0.05, 0) is 50.5 Å². The average Bonchev–Trinajstić information content (AvgIpc) is 3.68. The van der Waals surface area contributed by atoms with E-state index in [1.807, 2.05) is 41.2 Å². The highest BCUT2D eigenvalue weighted by Crippen LogP contribution is 2.25. The number of imide groups is 1. The fourth-order valence-corrected chi connectivity index (χ4v) is 5.11. The van der Waals surface area contributed by atoms with Gasteiger partial charge in [0.15, 0.2) is 0 Å². The lowest BCUT2D eigenvalue weighted by Gasteiger charge is -2.38. The zero-order valence-corrected chi connectivity index (χ0v) is 22.6. The van der Waals surface area contributed by atoms with Crippen molar-refractivity contribution in [1.29, 1.82) is 0 Å². The quantitative estimate of drug-likeness (QED) is 0.224. The molecule has 4 amide bonds. The van der Waals surface area contributed by atoms with Crippen LogP contribution in [0.2, 0.25) is 0 Å². The Morgan fingerprint density at radius 3 is 2.42 bits per heavy atom. The fourth-order valence-electron chi connectivity index (χ4n) is 5.11. The molecule has 2 N–H and O–H groups in total. The van der Waals surface area contributed by atoms with Crippen LogP contribution in [0.5, 0.6) is 0 Å². The molecule has 0 bridgehead atoms. The van der Waals surface area contributed by atoms with Crippen LogP contribution >= 0.6 is 0 Å². The van der Waals surface area contributed by atoms with Crippen LogP contribution in [0, 0.1) is 0 Å².